The topological polar surface area (TPSA) is 127 Å². The molecule has 0 atom stereocenters. The SMILES string of the molecule is O=C(O)c1cc2ccccc2n1Cc1cc(Cn2c(C(=O)O)cc3ccccc32)cc(Cn2c(C(=O)O)cc3ccccc32)c1. The van der Waals surface area contributed by atoms with Gasteiger partial charge in [-0.05, 0) is 53.1 Å². The summed E-state index contributed by atoms with van der Waals surface area (Å²) in [6, 6.07) is 33.2. The Morgan fingerprint density at radius 2 is 0.689 bits per heavy atom. The van der Waals surface area contributed by atoms with E-state index in [1.807, 2.05) is 91.0 Å². The van der Waals surface area contributed by atoms with Gasteiger partial charge in [0.05, 0.1) is 0 Å². The van der Waals surface area contributed by atoms with Gasteiger partial charge in [0.1, 0.15) is 17.1 Å². The zero-order valence-corrected chi connectivity index (χ0v) is 23.9. The maximum absolute atomic E-state index is 12.3. The van der Waals surface area contributed by atoms with E-state index in [0.717, 1.165) is 49.4 Å². The van der Waals surface area contributed by atoms with Gasteiger partial charge in [0.2, 0.25) is 0 Å². The van der Waals surface area contributed by atoms with Gasteiger partial charge in [0.15, 0.2) is 0 Å². The van der Waals surface area contributed by atoms with Gasteiger partial charge in [-0.15, -0.1) is 0 Å². The number of benzene rings is 4. The van der Waals surface area contributed by atoms with Crippen LogP contribution in [0, 0.1) is 0 Å². The Bertz CT molecular complexity index is 2040. The predicted octanol–water partition coefficient (Wildman–Crippen LogP) is 6.79. The zero-order valence-electron chi connectivity index (χ0n) is 23.9. The van der Waals surface area contributed by atoms with Crippen LogP contribution >= 0.6 is 0 Å². The summed E-state index contributed by atoms with van der Waals surface area (Å²) in [7, 11) is 0. The second-order valence-corrected chi connectivity index (χ2v) is 11.1. The van der Waals surface area contributed by atoms with Crippen LogP contribution in [0.3, 0.4) is 0 Å². The maximum atomic E-state index is 12.3. The Labute approximate surface area is 256 Å². The molecule has 0 fully saturated rings. The second-order valence-electron chi connectivity index (χ2n) is 11.1. The Kier molecular flexibility index (Phi) is 6.70. The van der Waals surface area contributed by atoms with Crippen LogP contribution in [0.2, 0.25) is 0 Å². The molecule has 7 aromatic rings. The van der Waals surface area contributed by atoms with Gasteiger partial charge < -0.3 is 29.0 Å². The van der Waals surface area contributed by atoms with Crippen molar-refractivity contribution in [2.75, 3.05) is 0 Å². The smallest absolute Gasteiger partial charge is 0.352 e. The molecule has 0 aliphatic rings. The highest BCUT2D eigenvalue weighted by atomic mass is 16.4. The van der Waals surface area contributed by atoms with Crippen molar-refractivity contribution in [3.05, 3.63) is 143 Å². The first-order valence-corrected chi connectivity index (χ1v) is 14.3. The summed E-state index contributed by atoms with van der Waals surface area (Å²) in [5, 5.41) is 32.5. The van der Waals surface area contributed by atoms with Gasteiger partial charge in [-0.2, -0.15) is 0 Å². The summed E-state index contributed by atoms with van der Waals surface area (Å²) in [5.41, 5.74) is 5.17. The maximum Gasteiger partial charge on any atom is 0.352 e. The fourth-order valence-electron chi connectivity index (χ4n) is 6.33. The molecule has 222 valence electrons. The summed E-state index contributed by atoms with van der Waals surface area (Å²) in [5.74, 6) is -3.13. The third kappa shape index (κ3) is 5.00. The molecular weight excluding hydrogens is 570 g/mol. The van der Waals surface area contributed by atoms with Crippen LogP contribution in [0.4, 0.5) is 0 Å². The minimum atomic E-state index is -1.04. The van der Waals surface area contributed by atoms with Gasteiger partial charge >= 0.3 is 17.9 Å². The van der Waals surface area contributed by atoms with E-state index >= 15 is 0 Å². The number of carboxylic acids is 3. The molecule has 3 aromatic heterocycles. The first-order chi connectivity index (χ1) is 21.8. The van der Waals surface area contributed by atoms with Crippen LogP contribution in [-0.2, 0) is 19.6 Å². The predicted molar refractivity (Wildman–Crippen MR) is 170 cm³/mol. The van der Waals surface area contributed by atoms with Gasteiger partial charge in [-0.25, -0.2) is 14.4 Å². The van der Waals surface area contributed by atoms with Crippen LogP contribution in [-0.4, -0.2) is 46.9 Å². The third-order valence-corrected chi connectivity index (χ3v) is 8.22. The molecule has 0 aliphatic carbocycles. The molecule has 0 aliphatic heterocycles. The number of aromatic carboxylic acids is 3. The Balaban J connectivity index is 1.38. The number of para-hydroxylation sites is 3. The fourth-order valence-corrected chi connectivity index (χ4v) is 6.33. The Hall–Kier alpha value is -6.09. The highest BCUT2D eigenvalue weighted by Gasteiger charge is 2.19. The molecule has 0 saturated heterocycles. The van der Waals surface area contributed by atoms with Crippen molar-refractivity contribution in [2.24, 2.45) is 0 Å². The van der Waals surface area contributed by atoms with Crippen LogP contribution < -0.4 is 0 Å². The van der Waals surface area contributed by atoms with Crippen molar-refractivity contribution in [1.29, 1.82) is 0 Å². The van der Waals surface area contributed by atoms with Crippen molar-refractivity contribution in [3.63, 3.8) is 0 Å². The Morgan fingerprint density at radius 3 is 0.956 bits per heavy atom. The number of carbonyl (C=O) groups is 3. The van der Waals surface area contributed by atoms with Gasteiger partial charge in [-0.3, -0.25) is 0 Å². The van der Waals surface area contributed by atoms with E-state index in [1.54, 1.807) is 31.9 Å². The number of hydrogen-bond donors (Lipinski definition) is 3. The first kappa shape index (κ1) is 27.7. The average Bonchev–Trinajstić information content (AvgIpc) is 3.70. The van der Waals surface area contributed by atoms with Crippen molar-refractivity contribution >= 4 is 50.6 Å². The molecule has 0 bridgehead atoms. The summed E-state index contributed by atoms with van der Waals surface area (Å²) >= 11 is 0. The number of carboxylic acid groups (broad SMARTS) is 3. The lowest BCUT2D eigenvalue weighted by Gasteiger charge is -2.16. The van der Waals surface area contributed by atoms with Crippen molar-refractivity contribution in [1.82, 2.24) is 13.7 Å². The second kappa shape index (κ2) is 10.9. The molecule has 0 saturated carbocycles. The average molecular weight is 598 g/mol. The van der Waals surface area contributed by atoms with Crippen LogP contribution in [0.1, 0.15) is 48.2 Å². The van der Waals surface area contributed by atoms with Crippen molar-refractivity contribution in [2.45, 2.75) is 19.6 Å². The van der Waals surface area contributed by atoms with Gasteiger partial charge in [0.25, 0.3) is 0 Å². The molecule has 4 aromatic carbocycles. The largest absolute Gasteiger partial charge is 0.477 e. The normalized spacial score (nSPS) is 11.5. The quantitative estimate of drug-likeness (QED) is 0.168. The van der Waals surface area contributed by atoms with Gasteiger partial charge in [-0.1, -0.05) is 72.8 Å². The molecule has 0 spiro atoms. The number of hydrogen-bond acceptors (Lipinski definition) is 3. The van der Waals surface area contributed by atoms with E-state index in [4.69, 9.17) is 0 Å². The van der Waals surface area contributed by atoms with E-state index in [1.165, 1.54) is 0 Å². The molecule has 45 heavy (non-hydrogen) atoms. The lowest BCUT2D eigenvalue weighted by atomic mass is 10.0. The van der Waals surface area contributed by atoms with Crippen LogP contribution in [0.15, 0.2) is 109 Å². The van der Waals surface area contributed by atoms with Crippen LogP contribution in [0.5, 0.6) is 0 Å². The fraction of sp³-hybridized carbons (Fsp3) is 0.0833. The van der Waals surface area contributed by atoms with E-state index in [-0.39, 0.29) is 36.7 Å². The van der Waals surface area contributed by atoms with Crippen LogP contribution in [0.25, 0.3) is 32.7 Å². The van der Waals surface area contributed by atoms with Crippen molar-refractivity contribution in [3.8, 4) is 0 Å². The molecule has 3 N–H and O–H groups in total. The Morgan fingerprint density at radius 1 is 0.422 bits per heavy atom. The zero-order chi connectivity index (χ0) is 31.2. The lowest BCUT2D eigenvalue weighted by molar-refractivity contribution is 0.0675. The van der Waals surface area contributed by atoms with Gasteiger partial charge in [0, 0.05) is 52.3 Å². The molecule has 7 rings (SSSR count). The first-order valence-electron chi connectivity index (χ1n) is 14.3. The molecule has 9 heteroatoms. The van der Waals surface area contributed by atoms with E-state index in [2.05, 4.69) is 0 Å². The summed E-state index contributed by atoms with van der Waals surface area (Å²) < 4.78 is 5.26. The van der Waals surface area contributed by atoms with Crippen molar-refractivity contribution < 1.29 is 29.7 Å². The van der Waals surface area contributed by atoms with E-state index < -0.39 is 17.9 Å². The third-order valence-electron chi connectivity index (χ3n) is 8.22. The summed E-state index contributed by atoms with van der Waals surface area (Å²) in [6.07, 6.45) is 0. The highest BCUT2D eigenvalue weighted by Crippen LogP contribution is 2.27. The molecule has 0 amide bonds. The number of nitrogens with zero attached hydrogens (tertiary/aromatic N) is 3. The monoisotopic (exact) mass is 597 g/mol. The molecule has 0 unspecified atom stereocenters. The lowest BCUT2D eigenvalue weighted by Crippen LogP contribution is -2.13. The summed E-state index contributed by atoms with van der Waals surface area (Å²) in [4.78, 5) is 36.8. The molecule has 9 nitrogen and oxygen atoms in total. The minimum absolute atomic E-state index is 0.150. The van der Waals surface area contributed by atoms with E-state index in [0.29, 0.717) is 0 Å². The highest BCUT2D eigenvalue weighted by molar-refractivity contribution is 5.96. The number of aromatic nitrogens is 3. The minimum Gasteiger partial charge on any atom is -0.477 e. The summed E-state index contributed by atoms with van der Waals surface area (Å²) in [6.45, 7) is 0.727. The number of fused-ring (bicyclic) bond motifs is 3. The van der Waals surface area contributed by atoms with E-state index in [9.17, 15) is 29.7 Å². The molecular formula is C36H27N3O6. The molecule has 0 radical (unpaired) electrons. The molecule has 3 heterocycles. The standard InChI is InChI=1S/C36H27N3O6/c40-34(41)31-16-25-7-1-4-10-28(25)37(31)19-22-13-23(20-38-29-11-5-2-8-26(29)17-32(38)35(42)43)15-24(14-22)21-39-30-12-6-3-9-27(30)18-33(39)36(44)45/h1-18H,19-21H2,(H,40,41)(H,42,43)(H,44,45). The number of rotatable bonds is 9.